The van der Waals surface area contributed by atoms with Crippen molar-refractivity contribution in [3.05, 3.63) is 59.2 Å². The number of aromatic nitrogens is 1. The van der Waals surface area contributed by atoms with Crippen LogP contribution in [0.3, 0.4) is 0 Å². The van der Waals surface area contributed by atoms with Crippen molar-refractivity contribution >= 4 is 16.7 Å². The quantitative estimate of drug-likeness (QED) is 0.669. The number of hydrogen-bond acceptors (Lipinski definition) is 4. The van der Waals surface area contributed by atoms with Gasteiger partial charge in [-0.25, -0.2) is 4.79 Å². The minimum atomic E-state index is -0.347. The zero-order chi connectivity index (χ0) is 14.1. The molecular formula is C16H14N2O2. The predicted molar refractivity (Wildman–Crippen MR) is 80.0 cm³/mol. The van der Waals surface area contributed by atoms with E-state index >= 15 is 0 Å². The maximum absolute atomic E-state index is 11.8. The molecule has 0 saturated heterocycles. The first-order valence-corrected chi connectivity index (χ1v) is 6.31. The summed E-state index contributed by atoms with van der Waals surface area (Å²) < 4.78 is 5.32. The predicted octanol–water partition coefficient (Wildman–Crippen LogP) is 2.92. The minimum Gasteiger partial charge on any atom is -0.423 e. The molecular weight excluding hydrogens is 252 g/mol. The van der Waals surface area contributed by atoms with E-state index in [0.717, 1.165) is 22.2 Å². The van der Waals surface area contributed by atoms with E-state index in [9.17, 15) is 4.79 Å². The first-order chi connectivity index (χ1) is 9.65. The molecule has 0 aliphatic carbocycles. The molecule has 0 amide bonds. The van der Waals surface area contributed by atoms with Crippen LogP contribution in [0.5, 0.6) is 0 Å². The molecule has 0 aliphatic rings. The third-order valence-electron chi connectivity index (χ3n) is 3.24. The maximum Gasteiger partial charge on any atom is 0.336 e. The highest BCUT2D eigenvalue weighted by Gasteiger charge is 2.09. The second kappa shape index (κ2) is 4.81. The van der Waals surface area contributed by atoms with Crippen molar-refractivity contribution in [1.82, 2.24) is 4.98 Å². The topological polar surface area (TPSA) is 46.3 Å². The molecule has 0 saturated carbocycles. The molecule has 4 heteroatoms. The van der Waals surface area contributed by atoms with Crippen molar-refractivity contribution < 1.29 is 4.42 Å². The van der Waals surface area contributed by atoms with Crippen LogP contribution in [0.1, 0.15) is 0 Å². The average Bonchev–Trinajstić information content (AvgIpc) is 2.46. The molecule has 0 bridgehead atoms. The highest BCUT2D eigenvalue weighted by atomic mass is 16.4. The average molecular weight is 266 g/mol. The van der Waals surface area contributed by atoms with Crippen LogP contribution in [0.2, 0.25) is 0 Å². The molecule has 2 aromatic heterocycles. The monoisotopic (exact) mass is 266 g/mol. The van der Waals surface area contributed by atoms with Gasteiger partial charge in [0.15, 0.2) is 0 Å². The van der Waals surface area contributed by atoms with Gasteiger partial charge in [0.05, 0.1) is 0 Å². The van der Waals surface area contributed by atoms with Gasteiger partial charge in [-0.1, -0.05) is 0 Å². The van der Waals surface area contributed by atoms with Crippen LogP contribution >= 0.6 is 0 Å². The van der Waals surface area contributed by atoms with Crippen LogP contribution in [0.15, 0.2) is 58.0 Å². The molecule has 1 aromatic carbocycles. The Kier molecular flexibility index (Phi) is 2.99. The summed E-state index contributed by atoms with van der Waals surface area (Å²) in [6.07, 6.45) is 3.42. The molecule has 0 unspecified atom stereocenters. The molecule has 3 aromatic rings. The lowest BCUT2D eigenvalue weighted by atomic mass is 10.0. The smallest absolute Gasteiger partial charge is 0.336 e. The van der Waals surface area contributed by atoms with Gasteiger partial charge in [-0.15, -0.1) is 0 Å². The molecule has 100 valence electrons. The van der Waals surface area contributed by atoms with Gasteiger partial charge >= 0.3 is 5.63 Å². The normalized spacial score (nSPS) is 10.7. The zero-order valence-electron chi connectivity index (χ0n) is 11.3. The first-order valence-electron chi connectivity index (χ1n) is 6.31. The lowest BCUT2D eigenvalue weighted by molar-refractivity contribution is 0.561. The summed E-state index contributed by atoms with van der Waals surface area (Å²) in [5.74, 6) is 0. The standard InChI is InChI=1S/C16H14N2O2/c1-18(2)12-3-4-13-14(11-5-7-17-8-6-11)10-16(19)20-15(13)9-12/h3-10H,1-2H3. The Bertz CT molecular complexity index is 808. The molecule has 2 heterocycles. The summed E-state index contributed by atoms with van der Waals surface area (Å²) >= 11 is 0. The molecule has 0 radical (unpaired) electrons. The largest absolute Gasteiger partial charge is 0.423 e. The van der Waals surface area contributed by atoms with Crippen LogP contribution in [0.4, 0.5) is 5.69 Å². The van der Waals surface area contributed by atoms with Crippen molar-refractivity contribution in [2.45, 2.75) is 0 Å². The molecule has 0 N–H and O–H groups in total. The van der Waals surface area contributed by atoms with Gasteiger partial charge in [-0.05, 0) is 35.4 Å². The summed E-state index contributed by atoms with van der Waals surface area (Å²) in [5, 5.41) is 0.918. The van der Waals surface area contributed by atoms with Crippen LogP contribution in [0, 0.1) is 0 Å². The van der Waals surface area contributed by atoms with Crippen LogP contribution < -0.4 is 10.5 Å². The van der Waals surface area contributed by atoms with Crippen molar-refractivity contribution in [3.63, 3.8) is 0 Å². The molecule has 4 nitrogen and oxygen atoms in total. The second-order valence-electron chi connectivity index (χ2n) is 4.79. The third kappa shape index (κ3) is 2.16. The fraction of sp³-hybridized carbons (Fsp3) is 0.125. The van der Waals surface area contributed by atoms with E-state index in [-0.39, 0.29) is 5.63 Å². The number of fused-ring (bicyclic) bond motifs is 1. The van der Waals surface area contributed by atoms with Gasteiger partial charge in [0.2, 0.25) is 0 Å². The lowest BCUT2D eigenvalue weighted by Gasteiger charge is -2.13. The lowest BCUT2D eigenvalue weighted by Crippen LogP contribution is -2.08. The van der Waals surface area contributed by atoms with E-state index in [4.69, 9.17) is 4.42 Å². The number of pyridine rings is 1. The third-order valence-corrected chi connectivity index (χ3v) is 3.24. The van der Waals surface area contributed by atoms with Crippen LogP contribution in [-0.4, -0.2) is 19.1 Å². The molecule has 20 heavy (non-hydrogen) atoms. The van der Waals surface area contributed by atoms with Crippen molar-refractivity contribution in [1.29, 1.82) is 0 Å². The van der Waals surface area contributed by atoms with Gasteiger partial charge < -0.3 is 9.32 Å². The van der Waals surface area contributed by atoms with Crippen molar-refractivity contribution in [2.24, 2.45) is 0 Å². The van der Waals surface area contributed by atoms with Crippen LogP contribution in [-0.2, 0) is 0 Å². The van der Waals surface area contributed by atoms with Crippen molar-refractivity contribution in [3.8, 4) is 11.1 Å². The Morgan fingerprint density at radius 1 is 1.05 bits per heavy atom. The van der Waals surface area contributed by atoms with Gasteiger partial charge in [-0.3, -0.25) is 4.98 Å². The van der Waals surface area contributed by atoms with E-state index in [1.54, 1.807) is 12.4 Å². The Labute approximate surface area is 116 Å². The van der Waals surface area contributed by atoms with Gasteiger partial charge in [-0.2, -0.15) is 0 Å². The van der Waals surface area contributed by atoms with E-state index in [1.165, 1.54) is 6.07 Å². The Hall–Kier alpha value is -2.62. The highest BCUT2D eigenvalue weighted by molar-refractivity contribution is 5.94. The number of hydrogen-bond donors (Lipinski definition) is 0. The van der Waals surface area contributed by atoms with Crippen LogP contribution in [0.25, 0.3) is 22.1 Å². The van der Waals surface area contributed by atoms with E-state index < -0.39 is 0 Å². The van der Waals surface area contributed by atoms with Crippen molar-refractivity contribution in [2.75, 3.05) is 19.0 Å². The number of anilines is 1. The minimum absolute atomic E-state index is 0.347. The Morgan fingerprint density at radius 3 is 2.50 bits per heavy atom. The van der Waals surface area contributed by atoms with Gasteiger partial charge in [0.1, 0.15) is 5.58 Å². The Morgan fingerprint density at radius 2 is 1.80 bits per heavy atom. The van der Waals surface area contributed by atoms with E-state index in [1.807, 2.05) is 49.3 Å². The first kappa shape index (κ1) is 12.4. The summed E-state index contributed by atoms with van der Waals surface area (Å²) in [7, 11) is 3.90. The molecule has 0 atom stereocenters. The molecule has 0 aliphatic heterocycles. The second-order valence-corrected chi connectivity index (χ2v) is 4.79. The number of benzene rings is 1. The number of nitrogens with zero attached hydrogens (tertiary/aromatic N) is 2. The van der Waals surface area contributed by atoms with E-state index in [0.29, 0.717) is 5.58 Å². The summed E-state index contributed by atoms with van der Waals surface area (Å²) in [5.41, 5.74) is 3.06. The summed E-state index contributed by atoms with van der Waals surface area (Å²) in [6, 6.07) is 11.1. The molecule has 0 spiro atoms. The number of rotatable bonds is 2. The van der Waals surface area contributed by atoms with E-state index in [2.05, 4.69) is 4.98 Å². The summed E-state index contributed by atoms with van der Waals surface area (Å²) in [6.45, 7) is 0. The zero-order valence-corrected chi connectivity index (χ0v) is 11.3. The van der Waals surface area contributed by atoms with Gasteiger partial charge in [0, 0.05) is 49.7 Å². The highest BCUT2D eigenvalue weighted by Crippen LogP contribution is 2.29. The van der Waals surface area contributed by atoms with Gasteiger partial charge in [0.25, 0.3) is 0 Å². The fourth-order valence-corrected chi connectivity index (χ4v) is 2.20. The Balaban J connectivity index is 2.31. The molecule has 3 rings (SSSR count). The summed E-state index contributed by atoms with van der Waals surface area (Å²) in [4.78, 5) is 17.7. The maximum atomic E-state index is 11.8. The molecule has 0 fully saturated rings. The fourth-order valence-electron chi connectivity index (χ4n) is 2.20. The SMILES string of the molecule is CN(C)c1ccc2c(-c3ccncc3)cc(=O)oc2c1.